The second kappa shape index (κ2) is 7.61. The Morgan fingerprint density at radius 2 is 2.45 bits per heavy atom. The fourth-order valence-corrected chi connectivity index (χ4v) is 3.28. The summed E-state index contributed by atoms with van der Waals surface area (Å²) in [4.78, 5) is 15.5. The van der Waals surface area contributed by atoms with E-state index < -0.39 is 0 Å². The fourth-order valence-electron chi connectivity index (χ4n) is 2.39. The average Bonchev–Trinajstić information content (AvgIpc) is 2.86. The first-order chi connectivity index (χ1) is 9.69. The Morgan fingerprint density at radius 3 is 3.25 bits per heavy atom. The summed E-state index contributed by atoms with van der Waals surface area (Å²) in [5, 5.41) is 7.89. The highest BCUT2D eigenvalue weighted by Crippen LogP contribution is 2.23. The third kappa shape index (κ3) is 4.47. The van der Waals surface area contributed by atoms with E-state index in [9.17, 15) is 4.79 Å². The number of rotatable bonds is 6. The van der Waals surface area contributed by atoms with Gasteiger partial charge in [-0.3, -0.25) is 4.90 Å². The molecule has 2 amide bonds. The SMILES string of the molecule is COC[C@H](C)NC(=O)NCCN1CCc2sccc2C1. The number of hydrogen-bond donors (Lipinski definition) is 2. The Morgan fingerprint density at radius 1 is 1.60 bits per heavy atom. The van der Waals surface area contributed by atoms with E-state index in [1.807, 2.05) is 18.3 Å². The molecule has 2 N–H and O–H groups in total. The maximum absolute atomic E-state index is 11.6. The second-order valence-electron chi connectivity index (χ2n) is 5.15. The molecule has 0 spiro atoms. The van der Waals surface area contributed by atoms with Gasteiger partial charge >= 0.3 is 6.03 Å². The van der Waals surface area contributed by atoms with E-state index in [0.717, 1.165) is 26.1 Å². The van der Waals surface area contributed by atoms with Crippen LogP contribution in [0.25, 0.3) is 0 Å². The van der Waals surface area contributed by atoms with E-state index >= 15 is 0 Å². The predicted octanol–water partition coefficient (Wildman–Crippen LogP) is 1.44. The number of fused-ring (bicyclic) bond motifs is 1. The van der Waals surface area contributed by atoms with Gasteiger partial charge in [0.2, 0.25) is 0 Å². The van der Waals surface area contributed by atoms with E-state index in [-0.39, 0.29) is 12.1 Å². The van der Waals surface area contributed by atoms with Crippen molar-refractivity contribution in [2.24, 2.45) is 0 Å². The van der Waals surface area contributed by atoms with Gasteiger partial charge in [0.15, 0.2) is 0 Å². The summed E-state index contributed by atoms with van der Waals surface area (Å²) >= 11 is 1.85. The standard InChI is InChI=1S/C14H23N3O2S/c1-11(10-19-2)16-14(18)15-5-7-17-6-3-13-12(9-17)4-8-20-13/h4,8,11H,3,5-7,9-10H2,1-2H3,(H2,15,16,18)/t11-/m0/s1. The monoisotopic (exact) mass is 297 g/mol. The van der Waals surface area contributed by atoms with Gasteiger partial charge in [-0.15, -0.1) is 11.3 Å². The summed E-state index contributed by atoms with van der Waals surface area (Å²) in [5.41, 5.74) is 1.44. The summed E-state index contributed by atoms with van der Waals surface area (Å²) in [6.45, 7) is 6.10. The Labute approximate surface area is 124 Å². The highest BCUT2D eigenvalue weighted by atomic mass is 32.1. The van der Waals surface area contributed by atoms with Crippen LogP contribution in [-0.4, -0.2) is 50.3 Å². The van der Waals surface area contributed by atoms with Gasteiger partial charge in [-0.05, 0) is 30.4 Å². The molecule has 1 aromatic heterocycles. The molecule has 0 aliphatic carbocycles. The van der Waals surface area contributed by atoms with Gasteiger partial charge in [0.05, 0.1) is 12.6 Å². The zero-order chi connectivity index (χ0) is 14.4. The molecule has 1 aliphatic rings. The van der Waals surface area contributed by atoms with Crippen LogP contribution in [0.15, 0.2) is 11.4 Å². The Bertz CT molecular complexity index is 436. The lowest BCUT2D eigenvalue weighted by atomic mass is 10.1. The number of methoxy groups -OCH3 is 1. The van der Waals surface area contributed by atoms with Crippen molar-refractivity contribution in [3.05, 3.63) is 21.9 Å². The van der Waals surface area contributed by atoms with Gasteiger partial charge in [0.1, 0.15) is 0 Å². The average molecular weight is 297 g/mol. The van der Waals surface area contributed by atoms with Gasteiger partial charge in [-0.25, -0.2) is 4.79 Å². The Balaban J connectivity index is 1.63. The van der Waals surface area contributed by atoms with E-state index in [0.29, 0.717) is 13.2 Å². The largest absolute Gasteiger partial charge is 0.383 e. The predicted molar refractivity (Wildman–Crippen MR) is 81.2 cm³/mol. The summed E-state index contributed by atoms with van der Waals surface area (Å²) in [6, 6.07) is 2.12. The molecule has 0 saturated heterocycles. The van der Waals surface area contributed by atoms with E-state index in [2.05, 4.69) is 27.0 Å². The quantitative estimate of drug-likeness (QED) is 0.835. The zero-order valence-electron chi connectivity index (χ0n) is 12.1. The van der Waals surface area contributed by atoms with Crippen LogP contribution in [0.5, 0.6) is 0 Å². The molecule has 0 unspecified atom stereocenters. The molecule has 0 fully saturated rings. The number of carbonyl (C=O) groups is 1. The van der Waals surface area contributed by atoms with E-state index in [1.54, 1.807) is 7.11 Å². The first kappa shape index (κ1) is 15.3. The van der Waals surface area contributed by atoms with Crippen LogP contribution in [0.1, 0.15) is 17.4 Å². The minimum Gasteiger partial charge on any atom is -0.383 e. The summed E-state index contributed by atoms with van der Waals surface area (Å²) in [5.74, 6) is 0. The molecular weight excluding hydrogens is 274 g/mol. The summed E-state index contributed by atoms with van der Waals surface area (Å²) in [6.07, 6.45) is 1.13. The summed E-state index contributed by atoms with van der Waals surface area (Å²) in [7, 11) is 1.63. The second-order valence-corrected chi connectivity index (χ2v) is 6.15. The molecule has 0 aromatic carbocycles. The first-order valence-corrected chi connectivity index (χ1v) is 7.88. The molecular formula is C14H23N3O2S. The highest BCUT2D eigenvalue weighted by molar-refractivity contribution is 7.10. The van der Waals surface area contributed by atoms with Crippen LogP contribution in [-0.2, 0) is 17.7 Å². The van der Waals surface area contributed by atoms with E-state index in [1.165, 1.54) is 10.4 Å². The van der Waals surface area contributed by atoms with Crippen molar-refractivity contribution in [3.8, 4) is 0 Å². The number of nitrogens with zero attached hydrogens (tertiary/aromatic N) is 1. The van der Waals surface area contributed by atoms with Crippen LogP contribution in [0.4, 0.5) is 4.79 Å². The van der Waals surface area contributed by atoms with Crippen LogP contribution >= 0.6 is 11.3 Å². The van der Waals surface area contributed by atoms with Gasteiger partial charge in [0.25, 0.3) is 0 Å². The molecule has 5 nitrogen and oxygen atoms in total. The molecule has 112 valence electrons. The van der Waals surface area contributed by atoms with Crippen molar-refractivity contribution in [3.63, 3.8) is 0 Å². The van der Waals surface area contributed by atoms with Gasteiger partial charge in [-0.1, -0.05) is 0 Å². The number of hydrogen-bond acceptors (Lipinski definition) is 4. The number of ether oxygens (including phenoxy) is 1. The fraction of sp³-hybridized carbons (Fsp3) is 0.643. The third-order valence-electron chi connectivity index (χ3n) is 3.39. The number of urea groups is 1. The minimum atomic E-state index is -0.122. The highest BCUT2D eigenvalue weighted by Gasteiger charge is 2.16. The van der Waals surface area contributed by atoms with Crippen LogP contribution in [0.2, 0.25) is 0 Å². The maximum atomic E-state index is 11.6. The first-order valence-electron chi connectivity index (χ1n) is 7.00. The van der Waals surface area contributed by atoms with Gasteiger partial charge < -0.3 is 15.4 Å². The topological polar surface area (TPSA) is 53.6 Å². The molecule has 20 heavy (non-hydrogen) atoms. The molecule has 2 heterocycles. The van der Waals surface area contributed by atoms with Crippen molar-refractivity contribution in [2.75, 3.05) is 33.4 Å². The van der Waals surface area contributed by atoms with Crippen molar-refractivity contribution >= 4 is 17.4 Å². The summed E-state index contributed by atoms with van der Waals surface area (Å²) < 4.78 is 4.98. The number of amides is 2. The molecule has 1 atom stereocenters. The maximum Gasteiger partial charge on any atom is 0.315 e. The van der Waals surface area contributed by atoms with Crippen LogP contribution < -0.4 is 10.6 Å². The molecule has 0 bridgehead atoms. The molecule has 1 aliphatic heterocycles. The zero-order valence-corrected chi connectivity index (χ0v) is 13.0. The Hall–Kier alpha value is -1.11. The lowest BCUT2D eigenvalue weighted by Gasteiger charge is -2.26. The van der Waals surface area contributed by atoms with Crippen molar-refractivity contribution in [1.82, 2.24) is 15.5 Å². The van der Waals surface area contributed by atoms with Crippen molar-refractivity contribution in [2.45, 2.75) is 25.9 Å². The van der Waals surface area contributed by atoms with Crippen LogP contribution in [0, 0.1) is 0 Å². The van der Waals surface area contributed by atoms with Crippen molar-refractivity contribution < 1.29 is 9.53 Å². The van der Waals surface area contributed by atoms with E-state index in [4.69, 9.17) is 4.74 Å². The van der Waals surface area contributed by atoms with Gasteiger partial charge in [0, 0.05) is 38.2 Å². The smallest absolute Gasteiger partial charge is 0.315 e. The molecule has 6 heteroatoms. The van der Waals surface area contributed by atoms with Crippen LogP contribution in [0.3, 0.4) is 0 Å². The lowest BCUT2D eigenvalue weighted by molar-refractivity contribution is 0.170. The molecule has 2 rings (SSSR count). The normalized spacial score (nSPS) is 16.5. The molecule has 1 aromatic rings. The lowest BCUT2D eigenvalue weighted by Crippen LogP contribution is -2.45. The third-order valence-corrected chi connectivity index (χ3v) is 4.42. The number of thiophene rings is 1. The van der Waals surface area contributed by atoms with Crippen molar-refractivity contribution in [1.29, 1.82) is 0 Å². The van der Waals surface area contributed by atoms with Gasteiger partial charge in [-0.2, -0.15) is 0 Å². The number of nitrogens with one attached hydrogen (secondary N) is 2. The number of carbonyl (C=O) groups excluding carboxylic acids is 1. The molecule has 0 radical (unpaired) electrons. The minimum absolute atomic E-state index is 0.0309. The Kier molecular flexibility index (Phi) is 5.82. The molecule has 0 saturated carbocycles.